The standard InChI is InChI=1S/C26H46O3S.H3N/c1-6-7-8-9-10-11-12-13-14-15-16-17-18-24(3)26(4,5)29-30(27,28)25-21-19-23(2)20-22-25;/h19-22,24H,6-18H2,1-5H3;1H3. The first kappa shape index (κ1) is 30.1. The Kier molecular flexibility index (Phi) is 15.4. The molecular weight excluding hydrogens is 406 g/mol. The summed E-state index contributed by atoms with van der Waals surface area (Å²) in [7, 11) is -3.74. The van der Waals surface area contributed by atoms with Crippen LogP contribution in [-0.2, 0) is 14.3 Å². The third kappa shape index (κ3) is 12.6. The number of benzene rings is 1. The van der Waals surface area contributed by atoms with Crippen molar-refractivity contribution in [1.82, 2.24) is 6.15 Å². The average molecular weight is 456 g/mol. The third-order valence-electron chi connectivity index (χ3n) is 6.31. The zero-order chi connectivity index (χ0) is 22.5. The quantitative estimate of drug-likeness (QED) is 0.189. The molecule has 0 radical (unpaired) electrons. The molecule has 31 heavy (non-hydrogen) atoms. The zero-order valence-corrected chi connectivity index (χ0v) is 21.7. The molecule has 0 aliphatic carbocycles. The highest BCUT2D eigenvalue weighted by Crippen LogP contribution is 2.30. The first-order valence-corrected chi connectivity index (χ1v) is 13.6. The minimum atomic E-state index is -3.74. The second-order valence-corrected chi connectivity index (χ2v) is 11.1. The molecule has 1 unspecified atom stereocenters. The summed E-state index contributed by atoms with van der Waals surface area (Å²) in [6, 6.07) is 6.85. The summed E-state index contributed by atoms with van der Waals surface area (Å²) in [4.78, 5) is 0.235. The summed E-state index contributed by atoms with van der Waals surface area (Å²) in [6.45, 7) is 10.1. The van der Waals surface area contributed by atoms with Crippen LogP contribution in [0.25, 0.3) is 0 Å². The van der Waals surface area contributed by atoms with Crippen LogP contribution in [0, 0.1) is 12.8 Å². The molecule has 1 aromatic carbocycles. The van der Waals surface area contributed by atoms with Gasteiger partial charge in [0, 0.05) is 0 Å². The summed E-state index contributed by atoms with van der Waals surface area (Å²) in [5, 5.41) is 0. The Labute approximate surface area is 193 Å². The molecule has 1 rings (SSSR count). The zero-order valence-electron chi connectivity index (χ0n) is 20.9. The second kappa shape index (κ2) is 15.8. The van der Waals surface area contributed by atoms with Crippen molar-refractivity contribution >= 4 is 10.1 Å². The molecule has 4 nitrogen and oxygen atoms in total. The number of hydrogen-bond acceptors (Lipinski definition) is 4. The molecule has 0 aliphatic heterocycles. The summed E-state index contributed by atoms with van der Waals surface area (Å²) >= 11 is 0. The lowest BCUT2D eigenvalue weighted by Gasteiger charge is -2.31. The van der Waals surface area contributed by atoms with Gasteiger partial charge in [-0.1, -0.05) is 109 Å². The Morgan fingerprint density at radius 3 is 1.68 bits per heavy atom. The van der Waals surface area contributed by atoms with Gasteiger partial charge in [-0.05, 0) is 45.2 Å². The van der Waals surface area contributed by atoms with Crippen molar-refractivity contribution in [2.24, 2.45) is 5.92 Å². The van der Waals surface area contributed by atoms with Crippen molar-refractivity contribution in [2.75, 3.05) is 0 Å². The molecule has 0 amide bonds. The van der Waals surface area contributed by atoms with E-state index in [4.69, 9.17) is 4.18 Å². The van der Waals surface area contributed by atoms with E-state index in [1.54, 1.807) is 24.3 Å². The van der Waals surface area contributed by atoms with Gasteiger partial charge in [-0.2, -0.15) is 8.42 Å². The van der Waals surface area contributed by atoms with E-state index in [2.05, 4.69) is 13.8 Å². The molecule has 0 spiro atoms. The molecule has 0 saturated carbocycles. The number of unbranched alkanes of at least 4 members (excludes halogenated alkanes) is 11. The van der Waals surface area contributed by atoms with Gasteiger partial charge in [0.2, 0.25) is 0 Å². The molecule has 1 aromatic rings. The number of aryl methyl sites for hydroxylation is 1. The lowest BCUT2D eigenvalue weighted by atomic mass is 9.88. The number of rotatable bonds is 17. The van der Waals surface area contributed by atoms with E-state index in [0.717, 1.165) is 18.4 Å². The third-order valence-corrected chi connectivity index (χ3v) is 7.81. The maximum Gasteiger partial charge on any atom is 0.297 e. The molecule has 0 aliphatic rings. The van der Waals surface area contributed by atoms with Crippen LogP contribution in [0.15, 0.2) is 29.2 Å². The first-order valence-electron chi connectivity index (χ1n) is 12.2. The first-order chi connectivity index (χ1) is 14.2. The van der Waals surface area contributed by atoms with Gasteiger partial charge in [0.1, 0.15) is 0 Å². The highest BCUT2D eigenvalue weighted by Gasteiger charge is 2.33. The maximum atomic E-state index is 12.6. The highest BCUT2D eigenvalue weighted by atomic mass is 32.2. The summed E-state index contributed by atoms with van der Waals surface area (Å²) in [5.41, 5.74) is 0.329. The van der Waals surface area contributed by atoms with E-state index in [1.807, 2.05) is 20.8 Å². The molecule has 0 fully saturated rings. The smallest absolute Gasteiger partial charge is 0.297 e. The van der Waals surface area contributed by atoms with Crippen molar-refractivity contribution in [2.45, 2.75) is 129 Å². The highest BCUT2D eigenvalue weighted by molar-refractivity contribution is 7.86. The van der Waals surface area contributed by atoms with E-state index in [9.17, 15) is 8.42 Å². The Balaban J connectivity index is 0.00000900. The Hall–Kier alpha value is -0.910. The van der Waals surface area contributed by atoms with Crippen LogP contribution >= 0.6 is 0 Å². The summed E-state index contributed by atoms with van der Waals surface area (Å²) in [6.07, 6.45) is 17.0. The fraction of sp³-hybridized carbons (Fsp3) is 0.769. The van der Waals surface area contributed by atoms with Crippen molar-refractivity contribution in [3.8, 4) is 0 Å². The molecule has 1 atom stereocenters. The lowest BCUT2D eigenvalue weighted by Crippen LogP contribution is -2.35. The molecule has 182 valence electrons. The summed E-state index contributed by atoms with van der Waals surface area (Å²) < 4.78 is 30.9. The normalized spacial score (nSPS) is 13.1. The Morgan fingerprint density at radius 1 is 0.806 bits per heavy atom. The van der Waals surface area contributed by atoms with Crippen molar-refractivity contribution in [3.05, 3.63) is 29.8 Å². The SMILES string of the molecule is CCCCCCCCCCCCCCC(C)C(C)(C)OS(=O)(=O)c1ccc(C)cc1.N. The van der Waals surface area contributed by atoms with Gasteiger partial charge in [-0.25, -0.2) is 0 Å². The van der Waals surface area contributed by atoms with Gasteiger partial charge in [-0.3, -0.25) is 4.18 Å². The second-order valence-electron chi connectivity index (χ2n) is 9.53. The van der Waals surface area contributed by atoms with Crippen LogP contribution in [-0.4, -0.2) is 14.0 Å². The van der Waals surface area contributed by atoms with Gasteiger partial charge in [0.05, 0.1) is 10.5 Å². The van der Waals surface area contributed by atoms with Gasteiger partial charge in [0.15, 0.2) is 0 Å². The van der Waals surface area contributed by atoms with Crippen LogP contribution in [0.4, 0.5) is 0 Å². The lowest BCUT2D eigenvalue weighted by molar-refractivity contribution is 0.0536. The predicted molar refractivity (Wildman–Crippen MR) is 133 cm³/mol. The van der Waals surface area contributed by atoms with Crippen LogP contribution in [0.3, 0.4) is 0 Å². The van der Waals surface area contributed by atoms with Crippen LogP contribution in [0.5, 0.6) is 0 Å². The fourth-order valence-corrected chi connectivity index (χ4v) is 5.05. The molecular formula is C26H49NO3S. The monoisotopic (exact) mass is 455 g/mol. The molecule has 0 bridgehead atoms. The topological polar surface area (TPSA) is 78.4 Å². The molecule has 0 saturated heterocycles. The maximum absolute atomic E-state index is 12.6. The van der Waals surface area contributed by atoms with Crippen LogP contribution in [0.1, 0.15) is 117 Å². The summed E-state index contributed by atoms with van der Waals surface area (Å²) in [5.74, 6) is 0.181. The van der Waals surface area contributed by atoms with Crippen molar-refractivity contribution in [3.63, 3.8) is 0 Å². The minimum absolute atomic E-state index is 0. The van der Waals surface area contributed by atoms with Gasteiger partial charge >= 0.3 is 0 Å². The van der Waals surface area contributed by atoms with E-state index in [0.29, 0.717) is 0 Å². The Bertz CT molecular complexity index is 668. The van der Waals surface area contributed by atoms with Crippen LogP contribution in [0.2, 0.25) is 0 Å². The Morgan fingerprint density at radius 2 is 1.23 bits per heavy atom. The van der Waals surface area contributed by atoms with Gasteiger partial charge in [-0.15, -0.1) is 0 Å². The van der Waals surface area contributed by atoms with Gasteiger partial charge < -0.3 is 6.15 Å². The van der Waals surface area contributed by atoms with E-state index in [-0.39, 0.29) is 17.0 Å². The molecule has 5 heteroatoms. The van der Waals surface area contributed by atoms with Crippen LogP contribution < -0.4 is 6.15 Å². The fourth-order valence-electron chi connectivity index (χ4n) is 3.76. The minimum Gasteiger partial charge on any atom is -0.344 e. The molecule has 0 aromatic heterocycles. The average Bonchev–Trinajstić information content (AvgIpc) is 2.68. The van der Waals surface area contributed by atoms with E-state index < -0.39 is 15.7 Å². The van der Waals surface area contributed by atoms with E-state index >= 15 is 0 Å². The molecule has 3 N–H and O–H groups in total. The predicted octanol–water partition coefficient (Wildman–Crippen LogP) is 8.37. The van der Waals surface area contributed by atoms with Gasteiger partial charge in [0.25, 0.3) is 10.1 Å². The number of hydrogen-bond donors (Lipinski definition) is 1. The van der Waals surface area contributed by atoms with E-state index in [1.165, 1.54) is 70.6 Å². The molecule has 0 heterocycles. The van der Waals surface area contributed by atoms with Crippen molar-refractivity contribution in [1.29, 1.82) is 0 Å². The van der Waals surface area contributed by atoms with Crippen molar-refractivity contribution < 1.29 is 12.6 Å². The largest absolute Gasteiger partial charge is 0.344 e.